The van der Waals surface area contributed by atoms with E-state index in [1.807, 2.05) is 0 Å². The molecule has 0 aromatic carbocycles. The van der Waals surface area contributed by atoms with Gasteiger partial charge >= 0.3 is 11.9 Å². The summed E-state index contributed by atoms with van der Waals surface area (Å²) >= 11 is 1.31. The standard InChI is InChI=1S/C10H12N4O4S.ClH/c11-10-3(7(15)16)1-4(5(10)6(10)8(17)18)19-9-12-2-13-14-9;/h2-6H,1,11H2,(H,15,16)(H,17,18)(H,12,13,14);1H. The molecule has 8 nitrogen and oxygen atoms in total. The zero-order valence-electron chi connectivity index (χ0n) is 10.1. The van der Waals surface area contributed by atoms with Crippen molar-refractivity contribution >= 4 is 36.1 Å². The van der Waals surface area contributed by atoms with Crippen LogP contribution in [0.5, 0.6) is 0 Å². The number of rotatable bonds is 4. The first-order valence-corrected chi connectivity index (χ1v) is 6.60. The molecule has 2 fully saturated rings. The number of carboxylic acids is 2. The van der Waals surface area contributed by atoms with Gasteiger partial charge in [0.2, 0.25) is 0 Å². The Kier molecular flexibility index (Phi) is 3.69. The Morgan fingerprint density at radius 3 is 2.65 bits per heavy atom. The summed E-state index contributed by atoms with van der Waals surface area (Å²) in [6, 6.07) is 0. The lowest BCUT2D eigenvalue weighted by Crippen LogP contribution is -2.39. The van der Waals surface area contributed by atoms with Crippen molar-refractivity contribution in [3.8, 4) is 0 Å². The van der Waals surface area contributed by atoms with Crippen LogP contribution in [0.4, 0.5) is 0 Å². The van der Waals surface area contributed by atoms with Crippen LogP contribution < -0.4 is 5.73 Å². The largest absolute Gasteiger partial charge is 0.481 e. The Hall–Kier alpha value is -1.32. The third kappa shape index (κ3) is 1.97. The van der Waals surface area contributed by atoms with E-state index in [9.17, 15) is 14.7 Å². The van der Waals surface area contributed by atoms with Gasteiger partial charge in [0, 0.05) is 16.7 Å². The van der Waals surface area contributed by atoms with Crippen molar-refractivity contribution in [1.29, 1.82) is 0 Å². The lowest BCUT2D eigenvalue weighted by atomic mass is 9.95. The minimum atomic E-state index is -1.13. The van der Waals surface area contributed by atoms with Crippen LogP contribution >= 0.6 is 24.2 Å². The van der Waals surface area contributed by atoms with Crippen LogP contribution in [-0.4, -0.2) is 48.1 Å². The number of hydrogen-bond donors (Lipinski definition) is 4. The zero-order valence-corrected chi connectivity index (χ0v) is 11.7. The third-order valence-electron chi connectivity index (χ3n) is 4.06. The van der Waals surface area contributed by atoms with E-state index in [4.69, 9.17) is 10.8 Å². The van der Waals surface area contributed by atoms with Crippen LogP contribution in [0.15, 0.2) is 11.5 Å². The van der Waals surface area contributed by atoms with E-state index in [1.165, 1.54) is 18.1 Å². The second-order valence-corrected chi connectivity index (χ2v) is 6.14. The van der Waals surface area contributed by atoms with Crippen molar-refractivity contribution in [2.24, 2.45) is 23.5 Å². The molecule has 2 saturated carbocycles. The van der Waals surface area contributed by atoms with Crippen LogP contribution in [0.1, 0.15) is 6.42 Å². The summed E-state index contributed by atoms with van der Waals surface area (Å²) < 4.78 is 0. The van der Waals surface area contributed by atoms with Crippen molar-refractivity contribution < 1.29 is 19.8 Å². The summed E-state index contributed by atoms with van der Waals surface area (Å²) in [7, 11) is 0. The number of aromatic amines is 1. The molecule has 0 aliphatic heterocycles. The number of halogens is 1. The number of aliphatic carboxylic acids is 2. The zero-order chi connectivity index (χ0) is 13.8. The number of hydrogen-bond acceptors (Lipinski definition) is 6. The van der Waals surface area contributed by atoms with Crippen LogP contribution in [0.2, 0.25) is 0 Å². The minimum absolute atomic E-state index is 0. The van der Waals surface area contributed by atoms with E-state index >= 15 is 0 Å². The van der Waals surface area contributed by atoms with Gasteiger partial charge < -0.3 is 15.9 Å². The molecule has 0 amide bonds. The normalized spacial score (nSPS) is 37.9. The van der Waals surface area contributed by atoms with E-state index in [0.717, 1.165) is 0 Å². The molecule has 5 N–H and O–H groups in total. The molecule has 2 aliphatic rings. The van der Waals surface area contributed by atoms with Crippen molar-refractivity contribution in [3.05, 3.63) is 6.33 Å². The lowest BCUT2D eigenvalue weighted by molar-refractivity contribution is -0.144. The first-order chi connectivity index (χ1) is 8.96. The quantitative estimate of drug-likeness (QED) is 0.598. The highest BCUT2D eigenvalue weighted by Crippen LogP contribution is 2.65. The van der Waals surface area contributed by atoms with E-state index in [0.29, 0.717) is 11.6 Å². The van der Waals surface area contributed by atoms with Crippen molar-refractivity contribution in [2.75, 3.05) is 0 Å². The highest BCUT2D eigenvalue weighted by atomic mass is 35.5. The maximum absolute atomic E-state index is 11.2. The molecule has 5 unspecified atom stereocenters. The number of H-pyrrole nitrogens is 1. The lowest BCUT2D eigenvalue weighted by Gasteiger charge is -2.17. The summed E-state index contributed by atoms with van der Waals surface area (Å²) in [6.45, 7) is 0. The van der Waals surface area contributed by atoms with Crippen LogP contribution in [0.25, 0.3) is 0 Å². The highest BCUT2D eigenvalue weighted by Gasteiger charge is 2.77. The van der Waals surface area contributed by atoms with E-state index in [-0.39, 0.29) is 23.6 Å². The summed E-state index contributed by atoms with van der Waals surface area (Å²) in [5.41, 5.74) is 4.91. The Balaban J connectivity index is 0.00000147. The van der Waals surface area contributed by atoms with Crippen LogP contribution in [0.3, 0.4) is 0 Å². The average Bonchev–Trinajstić information content (AvgIpc) is 2.66. The molecule has 0 spiro atoms. The van der Waals surface area contributed by atoms with E-state index < -0.39 is 29.3 Å². The Bertz CT molecular complexity index is 541. The second-order valence-electron chi connectivity index (χ2n) is 4.92. The molecule has 10 heteroatoms. The predicted molar refractivity (Wildman–Crippen MR) is 70.6 cm³/mol. The summed E-state index contributed by atoms with van der Waals surface area (Å²) in [5.74, 6) is -4.00. The summed E-state index contributed by atoms with van der Waals surface area (Å²) in [6.07, 6.45) is 1.70. The van der Waals surface area contributed by atoms with Gasteiger partial charge in [0.1, 0.15) is 6.33 Å². The van der Waals surface area contributed by atoms with Gasteiger partial charge in [-0.05, 0) is 6.42 Å². The Morgan fingerprint density at radius 2 is 2.15 bits per heavy atom. The van der Waals surface area contributed by atoms with Crippen molar-refractivity contribution in [2.45, 2.75) is 22.4 Å². The SMILES string of the molecule is Cl.NC12C(C(=O)O)CC(Sc3ncn[nH]3)C1C2C(=O)O. The molecule has 0 radical (unpaired) electrons. The third-order valence-corrected chi connectivity index (χ3v) is 5.27. The molecular formula is C10H13ClN4O4S. The molecular weight excluding hydrogens is 308 g/mol. The smallest absolute Gasteiger partial charge is 0.308 e. The molecule has 0 saturated heterocycles. The van der Waals surface area contributed by atoms with Gasteiger partial charge in [-0.25, -0.2) is 4.98 Å². The molecule has 1 aromatic heterocycles. The number of thioether (sulfide) groups is 1. The molecule has 2 aliphatic carbocycles. The maximum atomic E-state index is 11.2. The number of aromatic nitrogens is 3. The molecule has 110 valence electrons. The topological polar surface area (TPSA) is 142 Å². The summed E-state index contributed by atoms with van der Waals surface area (Å²) in [5, 5.41) is 25.1. The molecule has 1 heterocycles. The fourth-order valence-electron chi connectivity index (χ4n) is 3.22. The Labute approximate surface area is 123 Å². The number of nitrogens with two attached hydrogens (primary N) is 1. The van der Waals surface area contributed by atoms with E-state index in [1.54, 1.807) is 0 Å². The molecule has 20 heavy (non-hydrogen) atoms. The van der Waals surface area contributed by atoms with Gasteiger partial charge in [-0.1, -0.05) is 11.8 Å². The highest BCUT2D eigenvalue weighted by molar-refractivity contribution is 7.99. The number of fused-ring (bicyclic) bond motifs is 1. The van der Waals surface area contributed by atoms with Crippen molar-refractivity contribution in [1.82, 2.24) is 15.2 Å². The van der Waals surface area contributed by atoms with Crippen molar-refractivity contribution in [3.63, 3.8) is 0 Å². The molecule has 3 rings (SSSR count). The molecule has 0 bridgehead atoms. The predicted octanol–water partition coefficient (Wildman–Crippen LogP) is -0.180. The first-order valence-electron chi connectivity index (χ1n) is 5.72. The van der Waals surface area contributed by atoms with Gasteiger partial charge in [0.05, 0.1) is 11.8 Å². The van der Waals surface area contributed by atoms with Crippen LogP contribution in [0, 0.1) is 17.8 Å². The fraction of sp³-hybridized carbons (Fsp3) is 0.600. The number of nitrogens with one attached hydrogen (secondary N) is 1. The van der Waals surface area contributed by atoms with Gasteiger partial charge in [-0.15, -0.1) is 12.4 Å². The minimum Gasteiger partial charge on any atom is -0.481 e. The Morgan fingerprint density at radius 1 is 1.45 bits per heavy atom. The number of nitrogens with zero attached hydrogens (tertiary/aromatic N) is 2. The maximum Gasteiger partial charge on any atom is 0.308 e. The average molecular weight is 321 g/mol. The van der Waals surface area contributed by atoms with Gasteiger partial charge in [0.15, 0.2) is 5.16 Å². The fourth-order valence-corrected chi connectivity index (χ4v) is 4.55. The molecule has 5 atom stereocenters. The summed E-state index contributed by atoms with van der Waals surface area (Å²) in [4.78, 5) is 26.4. The van der Waals surface area contributed by atoms with Gasteiger partial charge in [0.25, 0.3) is 0 Å². The molecule has 1 aromatic rings. The number of carbonyl (C=O) groups is 2. The first kappa shape index (κ1) is 15.1. The van der Waals surface area contributed by atoms with Gasteiger partial charge in [-0.2, -0.15) is 5.10 Å². The monoisotopic (exact) mass is 320 g/mol. The van der Waals surface area contributed by atoms with E-state index in [2.05, 4.69) is 15.2 Å². The number of carboxylic acid groups (broad SMARTS) is 2. The van der Waals surface area contributed by atoms with Crippen LogP contribution in [-0.2, 0) is 9.59 Å². The second kappa shape index (κ2) is 4.90. The van der Waals surface area contributed by atoms with Gasteiger partial charge in [-0.3, -0.25) is 14.7 Å².